The normalized spacial score (nSPS) is 18.7. The first-order valence-corrected chi connectivity index (χ1v) is 11.7. The lowest BCUT2D eigenvalue weighted by Gasteiger charge is -2.22. The van der Waals surface area contributed by atoms with Crippen LogP contribution in [0.2, 0.25) is 0 Å². The molecule has 0 spiro atoms. The van der Waals surface area contributed by atoms with Gasteiger partial charge in [0.2, 0.25) is 0 Å². The highest BCUT2D eigenvalue weighted by Gasteiger charge is 2.40. The van der Waals surface area contributed by atoms with Crippen molar-refractivity contribution in [3.63, 3.8) is 0 Å². The van der Waals surface area contributed by atoms with Gasteiger partial charge < -0.3 is 24.4 Å². The molecule has 2 aromatic carbocycles. The van der Waals surface area contributed by atoms with E-state index >= 15 is 0 Å². The summed E-state index contributed by atoms with van der Waals surface area (Å²) in [4.78, 5) is 39.5. The number of nitrogens with one attached hydrogen (secondary N) is 1. The maximum Gasteiger partial charge on any atom is 0.338 e. The molecular formula is C28H32N2O6. The fourth-order valence-electron chi connectivity index (χ4n) is 3.69. The fourth-order valence-corrected chi connectivity index (χ4v) is 3.69. The van der Waals surface area contributed by atoms with Gasteiger partial charge in [-0.2, -0.15) is 0 Å². The number of rotatable bonds is 10. The van der Waals surface area contributed by atoms with Crippen molar-refractivity contribution in [2.24, 2.45) is 0 Å². The molecule has 8 heteroatoms. The van der Waals surface area contributed by atoms with Crippen molar-refractivity contribution in [3.05, 3.63) is 96.1 Å². The second-order valence-electron chi connectivity index (χ2n) is 8.60. The molecule has 1 aliphatic heterocycles. The Morgan fingerprint density at radius 3 is 2.00 bits per heavy atom. The monoisotopic (exact) mass is 492 g/mol. The predicted octanol–water partition coefficient (Wildman–Crippen LogP) is 4.18. The van der Waals surface area contributed by atoms with Crippen LogP contribution in [0.5, 0.6) is 0 Å². The van der Waals surface area contributed by atoms with Gasteiger partial charge in [0.05, 0.1) is 11.1 Å². The number of hydrogen-bond acceptors (Lipinski definition) is 6. The summed E-state index contributed by atoms with van der Waals surface area (Å²) in [5.41, 5.74) is 2.84. The summed E-state index contributed by atoms with van der Waals surface area (Å²) in [7, 11) is 0. The molecule has 1 fully saturated rings. The maximum atomic E-state index is 12.8. The molecule has 36 heavy (non-hydrogen) atoms. The Kier molecular flexibility index (Phi) is 9.41. The zero-order valence-corrected chi connectivity index (χ0v) is 20.6. The minimum Gasteiger partial charge on any atom is -0.459 e. The number of nitrogens with zero attached hydrogens (tertiary/aromatic N) is 1. The number of amides is 2. The summed E-state index contributed by atoms with van der Waals surface area (Å²) >= 11 is 0. The zero-order chi connectivity index (χ0) is 26.1. The largest absolute Gasteiger partial charge is 0.459 e. The average Bonchev–Trinajstić information content (AvgIpc) is 3.23. The zero-order valence-electron chi connectivity index (χ0n) is 20.6. The third-order valence-corrected chi connectivity index (χ3v) is 5.68. The standard InChI is InChI=1S/C28H32N2O6/c1-5-15-30(16-6-2)28(33)29-25-17-23(36-27(32)22-13-9-20(4)10-14-22)24(35-25)18-34-26(31)21-11-7-19(3)8-12-21/h5-14,23-25H,1-2,15-18H2,3-4H3,(H,29,33)/t23-,24+,25+/m0/s1. The number of carbonyl (C=O) groups is 3. The van der Waals surface area contributed by atoms with Crippen molar-refractivity contribution >= 4 is 18.0 Å². The number of esters is 2. The van der Waals surface area contributed by atoms with Gasteiger partial charge in [0.15, 0.2) is 0 Å². The van der Waals surface area contributed by atoms with Crippen molar-refractivity contribution < 1.29 is 28.6 Å². The summed E-state index contributed by atoms with van der Waals surface area (Å²) in [5.74, 6) is -1.04. The van der Waals surface area contributed by atoms with E-state index in [1.807, 2.05) is 38.1 Å². The van der Waals surface area contributed by atoms with Crippen LogP contribution in [0.3, 0.4) is 0 Å². The van der Waals surface area contributed by atoms with Crippen LogP contribution in [0.15, 0.2) is 73.8 Å². The van der Waals surface area contributed by atoms with Crippen molar-refractivity contribution in [2.45, 2.75) is 38.7 Å². The molecule has 0 aromatic heterocycles. The molecule has 1 N–H and O–H groups in total. The lowest BCUT2D eigenvalue weighted by Crippen LogP contribution is -2.45. The fraction of sp³-hybridized carbons (Fsp3) is 0.321. The van der Waals surface area contributed by atoms with Crippen LogP contribution in [0.4, 0.5) is 4.79 Å². The van der Waals surface area contributed by atoms with Gasteiger partial charge in [-0.3, -0.25) is 0 Å². The van der Waals surface area contributed by atoms with E-state index in [1.165, 1.54) is 4.90 Å². The van der Waals surface area contributed by atoms with Gasteiger partial charge in [0, 0.05) is 19.5 Å². The topological polar surface area (TPSA) is 94.2 Å². The van der Waals surface area contributed by atoms with Gasteiger partial charge in [0.25, 0.3) is 0 Å². The number of carbonyl (C=O) groups excluding carboxylic acids is 3. The molecule has 2 aromatic rings. The Morgan fingerprint density at radius 2 is 1.47 bits per heavy atom. The molecule has 0 saturated carbocycles. The van der Waals surface area contributed by atoms with Gasteiger partial charge in [0.1, 0.15) is 25.0 Å². The lowest BCUT2D eigenvalue weighted by molar-refractivity contribution is -0.0461. The molecule has 0 unspecified atom stereocenters. The third-order valence-electron chi connectivity index (χ3n) is 5.68. The van der Waals surface area contributed by atoms with E-state index in [0.29, 0.717) is 24.2 Å². The number of urea groups is 1. The van der Waals surface area contributed by atoms with E-state index in [4.69, 9.17) is 14.2 Å². The van der Waals surface area contributed by atoms with Crippen LogP contribution in [0, 0.1) is 13.8 Å². The Balaban J connectivity index is 1.69. The van der Waals surface area contributed by atoms with E-state index in [1.54, 1.807) is 36.4 Å². The van der Waals surface area contributed by atoms with E-state index in [0.717, 1.165) is 11.1 Å². The quantitative estimate of drug-likeness (QED) is 0.395. The predicted molar refractivity (Wildman–Crippen MR) is 136 cm³/mol. The first-order chi connectivity index (χ1) is 17.3. The summed E-state index contributed by atoms with van der Waals surface area (Å²) < 4.78 is 17.1. The summed E-state index contributed by atoms with van der Waals surface area (Å²) in [6.45, 7) is 11.7. The Labute approximate surface area is 211 Å². The van der Waals surface area contributed by atoms with Crippen LogP contribution < -0.4 is 5.32 Å². The first-order valence-electron chi connectivity index (χ1n) is 11.7. The molecule has 0 radical (unpaired) electrons. The molecule has 1 saturated heterocycles. The molecule has 1 aliphatic rings. The second-order valence-corrected chi connectivity index (χ2v) is 8.60. The van der Waals surface area contributed by atoms with E-state index in [9.17, 15) is 14.4 Å². The first kappa shape index (κ1) is 26.7. The molecule has 190 valence electrons. The van der Waals surface area contributed by atoms with Crippen LogP contribution >= 0.6 is 0 Å². The summed E-state index contributed by atoms with van der Waals surface area (Å²) in [6.07, 6.45) is 1.18. The minimum absolute atomic E-state index is 0.145. The highest BCUT2D eigenvalue weighted by molar-refractivity contribution is 5.90. The Morgan fingerprint density at radius 1 is 0.944 bits per heavy atom. The second kappa shape index (κ2) is 12.7. The molecule has 0 bridgehead atoms. The lowest BCUT2D eigenvalue weighted by atomic mass is 10.1. The number of hydrogen-bond donors (Lipinski definition) is 1. The Bertz CT molecular complexity index is 1070. The Hall–Kier alpha value is -3.91. The van der Waals surface area contributed by atoms with Crippen LogP contribution in [-0.4, -0.2) is 61.0 Å². The van der Waals surface area contributed by atoms with Gasteiger partial charge in [-0.15, -0.1) is 13.2 Å². The molecule has 2 amide bonds. The van der Waals surface area contributed by atoms with Crippen molar-refractivity contribution in [1.82, 2.24) is 10.2 Å². The molecule has 1 heterocycles. The number of benzene rings is 2. The summed E-state index contributed by atoms with van der Waals surface area (Å²) in [5, 5.41) is 2.79. The molecule has 8 nitrogen and oxygen atoms in total. The average molecular weight is 493 g/mol. The van der Waals surface area contributed by atoms with Gasteiger partial charge in [-0.25, -0.2) is 14.4 Å². The highest BCUT2D eigenvalue weighted by Crippen LogP contribution is 2.24. The molecule has 3 rings (SSSR count). The van der Waals surface area contributed by atoms with E-state index in [2.05, 4.69) is 18.5 Å². The van der Waals surface area contributed by atoms with Crippen LogP contribution in [0.25, 0.3) is 0 Å². The van der Waals surface area contributed by atoms with Gasteiger partial charge in [-0.05, 0) is 38.1 Å². The van der Waals surface area contributed by atoms with E-state index in [-0.39, 0.29) is 19.1 Å². The number of ether oxygens (including phenoxy) is 3. The number of aryl methyl sites for hydroxylation is 2. The third kappa shape index (κ3) is 7.29. The van der Waals surface area contributed by atoms with Crippen molar-refractivity contribution in [3.8, 4) is 0 Å². The molecular weight excluding hydrogens is 460 g/mol. The molecule has 3 atom stereocenters. The van der Waals surface area contributed by atoms with Crippen LogP contribution in [-0.2, 0) is 14.2 Å². The summed E-state index contributed by atoms with van der Waals surface area (Å²) in [6, 6.07) is 13.6. The smallest absolute Gasteiger partial charge is 0.338 e. The maximum absolute atomic E-state index is 12.8. The van der Waals surface area contributed by atoms with Gasteiger partial charge >= 0.3 is 18.0 Å². The molecule has 0 aliphatic carbocycles. The van der Waals surface area contributed by atoms with Crippen molar-refractivity contribution in [1.29, 1.82) is 0 Å². The van der Waals surface area contributed by atoms with Crippen LogP contribution in [0.1, 0.15) is 38.3 Å². The SMILES string of the molecule is C=CCN(CC=C)C(=O)N[C@H]1C[C@H](OC(=O)c2ccc(C)cc2)[C@@H](COC(=O)c2ccc(C)cc2)O1. The van der Waals surface area contributed by atoms with Crippen molar-refractivity contribution in [2.75, 3.05) is 19.7 Å². The highest BCUT2D eigenvalue weighted by atomic mass is 16.6. The minimum atomic E-state index is -0.758. The van der Waals surface area contributed by atoms with Gasteiger partial charge in [-0.1, -0.05) is 47.5 Å². The van der Waals surface area contributed by atoms with E-state index < -0.39 is 30.4 Å².